The molecule has 0 aliphatic heterocycles. The maximum atomic E-state index is 13.1. The summed E-state index contributed by atoms with van der Waals surface area (Å²) in [7, 11) is 0. The first-order valence-corrected chi connectivity index (χ1v) is 7.14. The van der Waals surface area contributed by atoms with Crippen molar-refractivity contribution in [2.24, 2.45) is 0 Å². The predicted octanol–water partition coefficient (Wildman–Crippen LogP) is 3.86. The number of halogens is 2. The van der Waals surface area contributed by atoms with E-state index >= 15 is 0 Å². The molecule has 0 aliphatic rings. The number of hydrogen-bond acceptors (Lipinski definition) is 2. The van der Waals surface area contributed by atoms with Crippen LogP contribution in [0.3, 0.4) is 0 Å². The number of amides is 1. The summed E-state index contributed by atoms with van der Waals surface area (Å²) in [4.78, 5) is 18.2. The highest BCUT2D eigenvalue weighted by atomic mass is 35.5. The Bertz CT molecular complexity index is 619. The van der Waals surface area contributed by atoms with Crippen LogP contribution < -0.4 is 4.90 Å². The molecule has 0 N–H and O–H groups in total. The first-order chi connectivity index (χ1) is 10.1. The topological polar surface area (TPSA) is 33.2 Å². The Hall–Kier alpha value is -1.94. The summed E-state index contributed by atoms with van der Waals surface area (Å²) in [5.41, 5.74) is 1.45. The minimum atomic E-state index is -0.481. The summed E-state index contributed by atoms with van der Waals surface area (Å²) < 4.78 is 13.1. The van der Waals surface area contributed by atoms with E-state index in [-0.39, 0.29) is 17.4 Å². The molecule has 0 unspecified atom stereocenters. The molecule has 0 spiro atoms. The van der Waals surface area contributed by atoms with Crippen molar-refractivity contribution in [1.82, 2.24) is 4.98 Å². The van der Waals surface area contributed by atoms with Crippen LogP contribution in [-0.4, -0.2) is 17.4 Å². The van der Waals surface area contributed by atoms with Gasteiger partial charge in [0.25, 0.3) is 0 Å². The Labute approximate surface area is 128 Å². The van der Waals surface area contributed by atoms with Gasteiger partial charge in [0.1, 0.15) is 5.82 Å². The van der Waals surface area contributed by atoms with Gasteiger partial charge in [-0.3, -0.25) is 9.78 Å². The molecule has 21 heavy (non-hydrogen) atoms. The van der Waals surface area contributed by atoms with Crippen LogP contribution in [0, 0.1) is 5.82 Å². The highest BCUT2D eigenvalue weighted by Crippen LogP contribution is 2.19. The molecular weight excluding hydrogens is 291 g/mol. The van der Waals surface area contributed by atoms with Crippen molar-refractivity contribution in [1.29, 1.82) is 0 Å². The number of anilines is 1. The number of nitrogens with zero attached hydrogens (tertiary/aromatic N) is 2. The number of rotatable bonds is 5. The number of benzene rings is 1. The maximum Gasteiger partial charge on any atom is 0.231 e. The van der Waals surface area contributed by atoms with E-state index in [1.165, 1.54) is 12.1 Å². The first-order valence-electron chi connectivity index (χ1n) is 6.76. The summed E-state index contributed by atoms with van der Waals surface area (Å²) in [6.07, 6.45) is 4.34. The fourth-order valence-electron chi connectivity index (χ4n) is 2.05. The lowest BCUT2D eigenvalue weighted by Crippen LogP contribution is -2.33. The lowest BCUT2D eigenvalue weighted by atomic mass is 10.1. The first kappa shape index (κ1) is 15.4. The lowest BCUT2D eigenvalue weighted by molar-refractivity contribution is -0.118. The molecule has 2 rings (SSSR count). The fraction of sp³-hybridized carbons (Fsp3) is 0.250. The maximum absolute atomic E-state index is 13.1. The van der Waals surface area contributed by atoms with Crippen LogP contribution in [0.15, 0.2) is 42.7 Å². The molecule has 0 aliphatic carbocycles. The van der Waals surface area contributed by atoms with Crippen LogP contribution in [0.25, 0.3) is 0 Å². The summed E-state index contributed by atoms with van der Waals surface area (Å²) in [6, 6.07) is 7.98. The van der Waals surface area contributed by atoms with E-state index in [0.29, 0.717) is 12.1 Å². The van der Waals surface area contributed by atoms with Crippen LogP contribution in [-0.2, 0) is 11.2 Å². The van der Waals surface area contributed by atoms with Crippen LogP contribution >= 0.6 is 11.6 Å². The van der Waals surface area contributed by atoms with E-state index in [1.54, 1.807) is 29.4 Å². The minimum absolute atomic E-state index is 0.0312. The van der Waals surface area contributed by atoms with Gasteiger partial charge in [-0.25, -0.2) is 4.39 Å². The normalized spacial score (nSPS) is 10.4. The van der Waals surface area contributed by atoms with E-state index in [4.69, 9.17) is 11.6 Å². The summed E-state index contributed by atoms with van der Waals surface area (Å²) in [5.74, 6) is -0.543. The van der Waals surface area contributed by atoms with Gasteiger partial charge in [-0.1, -0.05) is 24.6 Å². The van der Waals surface area contributed by atoms with Crippen LogP contribution in [0.1, 0.15) is 18.9 Å². The van der Waals surface area contributed by atoms with Gasteiger partial charge in [-0.05, 0) is 36.2 Å². The highest BCUT2D eigenvalue weighted by Gasteiger charge is 2.16. The van der Waals surface area contributed by atoms with Gasteiger partial charge in [0.05, 0.1) is 23.3 Å². The molecule has 1 aromatic carbocycles. The van der Waals surface area contributed by atoms with Crippen molar-refractivity contribution in [3.05, 3.63) is 59.1 Å². The van der Waals surface area contributed by atoms with E-state index in [0.717, 1.165) is 12.1 Å². The standard InChI is InChI=1S/C16H16ClFN2O/c1-2-8-20(13-4-3-7-19-11-13)16(21)10-12-5-6-15(18)14(17)9-12/h3-7,9,11H,2,8,10H2,1H3. The number of carbonyl (C=O) groups is 1. The van der Waals surface area contributed by atoms with E-state index < -0.39 is 5.82 Å². The van der Waals surface area contributed by atoms with Crippen molar-refractivity contribution < 1.29 is 9.18 Å². The largest absolute Gasteiger partial charge is 0.311 e. The Morgan fingerprint density at radius 3 is 2.81 bits per heavy atom. The van der Waals surface area contributed by atoms with Crippen molar-refractivity contribution in [3.8, 4) is 0 Å². The molecule has 1 aromatic heterocycles. The Balaban J connectivity index is 2.17. The smallest absolute Gasteiger partial charge is 0.231 e. The molecule has 2 aromatic rings. The molecule has 0 bridgehead atoms. The van der Waals surface area contributed by atoms with Gasteiger partial charge in [0.2, 0.25) is 5.91 Å². The lowest BCUT2D eigenvalue weighted by Gasteiger charge is -2.22. The van der Waals surface area contributed by atoms with E-state index in [9.17, 15) is 9.18 Å². The third kappa shape index (κ3) is 4.02. The monoisotopic (exact) mass is 306 g/mol. The molecule has 0 atom stereocenters. The van der Waals surface area contributed by atoms with E-state index in [1.807, 2.05) is 13.0 Å². The van der Waals surface area contributed by atoms with Crippen LogP contribution in [0.5, 0.6) is 0 Å². The molecule has 5 heteroatoms. The van der Waals surface area contributed by atoms with Crippen molar-refractivity contribution in [2.45, 2.75) is 19.8 Å². The second-order valence-electron chi connectivity index (χ2n) is 4.68. The van der Waals surface area contributed by atoms with Gasteiger partial charge in [0, 0.05) is 12.7 Å². The highest BCUT2D eigenvalue weighted by molar-refractivity contribution is 6.30. The van der Waals surface area contributed by atoms with Crippen LogP contribution in [0.4, 0.5) is 10.1 Å². The van der Waals surface area contributed by atoms with Crippen LogP contribution in [0.2, 0.25) is 5.02 Å². The average molecular weight is 307 g/mol. The zero-order valence-corrected chi connectivity index (χ0v) is 12.5. The van der Waals surface area contributed by atoms with Gasteiger partial charge in [0.15, 0.2) is 0 Å². The second kappa shape index (κ2) is 7.18. The Morgan fingerprint density at radius 1 is 1.38 bits per heavy atom. The van der Waals surface area contributed by atoms with Crippen molar-refractivity contribution in [2.75, 3.05) is 11.4 Å². The molecule has 0 saturated carbocycles. The molecule has 1 heterocycles. The second-order valence-corrected chi connectivity index (χ2v) is 5.09. The molecule has 1 amide bonds. The SMILES string of the molecule is CCCN(C(=O)Cc1ccc(F)c(Cl)c1)c1cccnc1. The Morgan fingerprint density at radius 2 is 2.19 bits per heavy atom. The van der Waals surface area contributed by atoms with Gasteiger partial charge in [-0.2, -0.15) is 0 Å². The van der Waals surface area contributed by atoms with E-state index in [2.05, 4.69) is 4.98 Å². The third-order valence-electron chi connectivity index (χ3n) is 3.05. The van der Waals surface area contributed by atoms with Gasteiger partial charge in [-0.15, -0.1) is 0 Å². The van der Waals surface area contributed by atoms with Gasteiger partial charge >= 0.3 is 0 Å². The number of hydrogen-bond donors (Lipinski definition) is 0. The zero-order chi connectivity index (χ0) is 15.2. The Kier molecular flexibility index (Phi) is 5.28. The molecule has 110 valence electrons. The third-order valence-corrected chi connectivity index (χ3v) is 3.33. The number of aromatic nitrogens is 1. The molecule has 0 radical (unpaired) electrons. The number of carbonyl (C=O) groups excluding carboxylic acids is 1. The summed E-state index contributed by atoms with van der Waals surface area (Å²) in [6.45, 7) is 2.62. The summed E-state index contributed by atoms with van der Waals surface area (Å²) in [5, 5.41) is 0.0312. The van der Waals surface area contributed by atoms with Gasteiger partial charge < -0.3 is 4.90 Å². The average Bonchev–Trinajstić information content (AvgIpc) is 2.49. The van der Waals surface area contributed by atoms with Crippen molar-refractivity contribution >= 4 is 23.2 Å². The predicted molar refractivity (Wildman–Crippen MR) is 82.0 cm³/mol. The fourth-order valence-corrected chi connectivity index (χ4v) is 2.26. The van der Waals surface area contributed by atoms with Crippen molar-refractivity contribution in [3.63, 3.8) is 0 Å². The molecular formula is C16H16ClFN2O. The summed E-state index contributed by atoms with van der Waals surface area (Å²) >= 11 is 5.75. The minimum Gasteiger partial charge on any atom is -0.311 e. The molecule has 3 nitrogen and oxygen atoms in total. The number of pyridine rings is 1. The quantitative estimate of drug-likeness (QED) is 0.840. The molecule has 0 fully saturated rings. The zero-order valence-electron chi connectivity index (χ0n) is 11.7. The molecule has 0 saturated heterocycles.